The lowest BCUT2D eigenvalue weighted by molar-refractivity contribution is -0.118. The van der Waals surface area contributed by atoms with E-state index in [0.29, 0.717) is 25.3 Å². The quantitative estimate of drug-likeness (QED) is 0.143. The fourth-order valence-electron chi connectivity index (χ4n) is 3.37. The van der Waals surface area contributed by atoms with E-state index in [2.05, 4.69) is 30.8 Å². The third-order valence-electron chi connectivity index (χ3n) is 4.96. The Kier molecular flexibility index (Phi) is 8.56. The van der Waals surface area contributed by atoms with Crippen LogP contribution in [0.25, 0.3) is 10.9 Å². The predicted octanol–water partition coefficient (Wildman–Crippen LogP) is 3.95. The Balaban J connectivity index is 1.29. The minimum atomic E-state index is 0.271. The molecule has 0 aliphatic rings. The van der Waals surface area contributed by atoms with Gasteiger partial charge < -0.3 is 5.32 Å². The molecule has 3 N–H and O–H groups in total. The second kappa shape index (κ2) is 12.1. The number of nitriles is 1. The van der Waals surface area contributed by atoms with Crippen molar-refractivity contribution in [2.24, 2.45) is 4.99 Å². The SMILES string of the molecule is N#CNC(=NCCCCCCCC(=O)Cc1cccc2[nH]ncc12)Nc1ccncc1. The Labute approximate surface area is 181 Å². The molecule has 0 spiro atoms. The van der Waals surface area contributed by atoms with Crippen LogP contribution in [0.1, 0.15) is 44.1 Å². The average molecular weight is 418 g/mol. The molecule has 3 aromatic rings. The zero-order valence-electron chi connectivity index (χ0n) is 17.5. The summed E-state index contributed by atoms with van der Waals surface area (Å²) in [6, 6.07) is 9.54. The van der Waals surface area contributed by atoms with Crippen LogP contribution in [0.4, 0.5) is 5.69 Å². The molecular formula is C23H27N7O. The molecule has 160 valence electrons. The second-order valence-electron chi connectivity index (χ2n) is 7.31. The van der Waals surface area contributed by atoms with E-state index in [1.165, 1.54) is 0 Å². The van der Waals surface area contributed by atoms with Gasteiger partial charge in [0.2, 0.25) is 5.96 Å². The van der Waals surface area contributed by atoms with Gasteiger partial charge in [0.15, 0.2) is 6.19 Å². The molecule has 0 atom stereocenters. The first-order valence-corrected chi connectivity index (χ1v) is 10.6. The minimum Gasteiger partial charge on any atom is -0.325 e. The van der Waals surface area contributed by atoms with Gasteiger partial charge in [-0.15, -0.1) is 0 Å². The third-order valence-corrected chi connectivity index (χ3v) is 4.96. The summed E-state index contributed by atoms with van der Waals surface area (Å²) in [5.74, 6) is 0.708. The number of fused-ring (bicyclic) bond motifs is 1. The first-order valence-electron chi connectivity index (χ1n) is 10.6. The molecule has 1 aromatic carbocycles. The number of benzene rings is 1. The summed E-state index contributed by atoms with van der Waals surface area (Å²) >= 11 is 0. The highest BCUT2D eigenvalue weighted by molar-refractivity contribution is 5.94. The van der Waals surface area contributed by atoms with Crippen LogP contribution in [-0.2, 0) is 11.2 Å². The van der Waals surface area contributed by atoms with Crippen LogP contribution in [0, 0.1) is 11.5 Å². The van der Waals surface area contributed by atoms with Crippen molar-refractivity contribution in [1.29, 1.82) is 5.26 Å². The molecule has 0 radical (unpaired) electrons. The van der Waals surface area contributed by atoms with Gasteiger partial charge in [0, 0.05) is 42.9 Å². The number of nitrogens with one attached hydrogen (secondary N) is 3. The number of carbonyl (C=O) groups is 1. The summed E-state index contributed by atoms with van der Waals surface area (Å²) in [5, 5.41) is 22.5. The average Bonchev–Trinajstić information content (AvgIpc) is 3.26. The molecule has 0 aliphatic carbocycles. The summed E-state index contributed by atoms with van der Waals surface area (Å²) in [6.45, 7) is 0.635. The van der Waals surface area contributed by atoms with Crippen LogP contribution in [-0.4, -0.2) is 33.5 Å². The van der Waals surface area contributed by atoms with Crippen LogP contribution >= 0.6 is 0 Å². The molecule has 2 heterocycles. The Hall–Kier alpha value is -3.73. The smallest absolute Gasteiger partial charge is 0.209 e. The fraction of sp³-hybridized carbons (Fsp3) is 0.348. The molecule has 0 aliphatic heterocycles. The number of nitrogens with zero attached hydrogens (tertiary/aromatic N) is 4. The van der Waals surface area contributed by atoms with E-state index < -0.39 is 0 Å². The largest absolute Gasteiger partial charge is 0.325 e. The number of hydrogen-bond acceptors (Lipinski definition) is 5. The van der Waals surface area contributed by atoms with Gasteiger partial charge in [-0.1, -0.05) is 31.4 Å². The van der Waals surface area contributed by atoms with Crippen molar-refractivity contribution >= 4 is 28.3 Å². The topological polar surface area (TPSA) is 119 Å². The summed E-state index contributed by atoms with van der Waals surface area (Å²) in [4.78, 5) is 20.7. The van der Waals surface area contributed by atoms with Crippen molar-refractivity contribution in [2.75, 3.05) is 11.9 Å². The summed E-state index contributed by atoms with van der Waals surface area (Å²) < 4.78 is 0. The van der Waals surface area contributed by atoms with Crippen LogP contribution < -0.4 is 10.6 Å². The number of Topliss-reactive ketones (excluding diaryl/α,β-unsaturated/α-hetero) is 1. The van der Waals surface area contributed by atoms with Gasteiger partial charge in [-0.2, -0.15) is 10.4 Å². The molecule has 8 nitrogen and oxygen atoms in total. The zero-order chi connectivity index (χ0) is 21.7. The monoisotopic (exact) mass is 417 g/mol. The van der Waals surface area contributed by atoms with Crippen molar-refractivity contribution in [3.05, 3.63) is 54.5 Å². The lowest BCUT2D eigenvalue weighted by atomic mass is 10.0. The summed E-state index contributed by atoms with van der Waals surface area (Å²) in [5.41, 5.74) is 2.83. The lowest BCUT2D eigenvalue weighted by Crippen LogP contribution is -2.27. The Morgan fingerprint density at radius 2 is 1.90 bits per heavy atom. The highest BCUT2D eigenvalue weighted by Gasteiger charge is 2.08. The number of anilines is 1. The number of carbonyl (C=O) groups excluding carboxylic acids is 1. The summed E-state index contributed by atoms with van der Waals surface area (Å²) in [7, 11) is 0. The molecule has 0 amide bonds. The first-order chi connectivity index (χ1) is 15.3. The van der Waals surface area contributed by atoms with Crippen LogP contribution in [0.15, 0.2) is 53.9 Å². The molecule has 8 heteroatoms. The first kappa shape index (κ1) is 22.0. The summed E-state index contributed by atoms with van der Waals surface area (Å²) in [6.07, 6.45) is 13.1. The van der Waals surface area contributed by atoms with Crippen LogP contribution in [0.3, 0.4) is 0 Å². The van der Waals surface area contributed by atoms with Gasteiger partial charge in [-0.25, -0.2) is 0 Å². The fourth-order valence-corrected chi connectivity index (χ4v) is 3.37. The van der Waals surface area contributed by atoms with E-state index in [0.717, 1.165) is 54.3 Å². The van der Waals surface area contributed by atoms with Gasteiger partial charge in [0.05, 0.1) is 11.7 Å². The molecule has 0 unspecified atom stereocenters. The van der Waals surface area contributed by atoms with Crippen molar-refractivity contribution in [3.63, 3.8) is 0 Å². The highest BCUT2D eigenvalue weighted by Crippen LogP contribution is 2.18. The van der Waals surface area contributed by atoms with Crippen molar-refractivity contribution in [2.45, 2.75) is 44.9 Å². The number of unbranched alkanes of at least 4 members (excludes halogenated alkanes) is 4. The van der Waals surface area contributed by atoms with E-state index in [4.69, 9.17) is 5.26 Å². The maximum atomic E-state index is 12.3. The standard InChI is InChI=1S/C23H27N7O/c24-17-27-23(29-19-10-13-25-14-11-19)26-12-5-3-1-2-4-8-20(31)15-18-7-6-9-22-21(18)16-28-30-22/h6-7,9-11,13-14,16H,1-5,8,12,15H2,(H,28,30)(H2,25,26,27,29). The number of H-pyrrole nitrogens is 1. The molecule has 0 saturated heterocycles. The normalized spacial score (nSPS) is 11.3. The molecular weight excluding hydrogens is 390 g/mol. The minimum absolute atomic E-state index is 0.271. The van der Waals surface area contributed by atoms with Gasteiger partial charge in [0.25, 0.3) is 0 Å². The van der Waals surface area contributed by atoms with Gasteiger partial charge in [-0.3, -0.25) is 25.2 Å². The second-order valence-corrected chi connectivity index (χ2v) is 7.31. The third kappa shape index (κ3) is 7.23. The van der Waals surface area contributed by atoms with E-state index in [-0.39, 0.29) is 5.78 Å². The number of pyridine rings is 1. The van der Waals surface area contributed by atoms with Gasteiger partial charge in [-0.05, 0) is 36.6 Å². The lowest BCUT2D eigenvalue weighted by Gasteiger charge is -2.07. The number of hydrogen-bond donors (Lipinski definition) is 3. The molecule has 0 bridgehead atoms. The molecule has 0 fully saturated rings. The molecule has 31 heavy (non-hydrogen) atoms. The van der Waals surface area contributed by atoms with E-state index in [9.17, 15) is 4.79 Å². The zero-order valence-corrected chi connectivity index (χ0v) is 17.5. The van der Waals surface area contributed by atoms with E-state index >= 15 is 0 Å². The highest BCUT2D eigenvalue weighted by atomic mass is 16.1. The van der Waals surface area contributed by atoms with Crippen molar-refractivity contribution in [3.8, 4) is 6.19 Å². The van der Waals surface area contributed by atoms with Crippen molar-refractivity contribution < 1.29 is 4.79 Å². The Morgan fingerprint density at radius 1 is 1.10 bits per heavy atom. The number of aliphatic imine (C=N–C) groups is 1. The molecule has 0 saturated carbocycles. The number of aromatic nitrogens is 3. The van der Waals surface area contributed by atoms with Crippen LogP contribution in [0.2, 0.25) is 0 Å². The maximum Gasteiger partial charge on any atom is 0.209 e. The van der Waals surface area contributed by atoms with Crippen molar-refractivity contribution in [1.82, 2.24) is 20.5 Å². The van der Waals surface area contributed by atoms with Gasteiger partial charge in [0.1, 0.15) is 5.78 Å². The molecule has 3 rings (SSSR count). The number of ketones is 1. The maximum absolute atomic E-state index is 12.3. The van der Waals surface area contributed by atoms with E-state index in [1.807, 2.05) is 36.5 Å². The number of aromatic amines is 1. The number of guanidine groups is 1. The Morgan fingerprint density at radius 3 is 2.74 bits per heavy atom. The Bertz CT molecular complexity index is 1040. The molecule has 2 aromatic heterocycles. The van der Waals surface area contributed by atoms with Gasteiger partial charge >= 0.3 is 0 Å². The van der Waals surface area contributed by atoms with E-state index in [1.54, 1.807) is 18.6 Å². The van der Waals surface area contributed by atoms with Crippen LogP contribution in [0.5, 0.6) is 0 Å². The predicted molar refractivity (Wildman–Crippen MR) is 121 cm³/mol. The number of rotatable bonds is 11.